The SMILES string of the molecule is CN1CC[C@@H](c2ccccc2)[C@@H]1COc1cccnc1. The van der Waals surface area contributed by atoms with Crippen LogP contribution in [-0.4, -0.2) is 36.1 Å². The van der Waals surface area contributed by atoms with E-state index in [1.54, 1.807) is 12.4 Å². The van der Waals surface area contributed by atoms with Crippen LogP contribution in [0, 0.1) is 0 Å². The van der Waals surface area contributed by atoms with E-state index in [2.05, 4.69) is 47.3 Å². The first-order valence-corrected chi connectivity index (χ1v) is 7.12. The molecular formula is C17H20N2O. The Labute approximate surface area is 120 Å². The van der Waals surface area contributed by atoms with Gasteiger partial charge < -0.3 is 4.74 Å². The Morgan fingerprint density at radius 3 is 2.80 bits per heavy atom. The third-order valence-electron chi connectivity index (χ3n) is 4.11. The summed E-state index contributed by atoms with van der Waals surface area (Å²) in [5.74, 6) is 1.40. The smallest absolute Gasteiger partial charge is 0.137 e. The van der Waals surface area contributed by atoms with Crippen molar-refractivity contribution in [3.05, 3.63) is 60.4 Å². The fourth-order valence-electron chi connectivity index (χ4n) is 2.95. The van der Waals surface area contributed by atoms with Crippen LogP contribution >= 0.6 is 0 Å². The molecule has 1 fully saturated rings. The zero-order valence-electron chi connectivity index (χ0n) is 11.8. The second kappa shape index (κ2) is 6.06. The molecule has 2 heterocycles. The minimum atomic E-state index is 0.428. The summed E-state index contributed by atoms with van der Waals surface area (Å²) >= 11 is 0. The van der Waals surface area contributed by atoms with Crippen LogP contribution in [0.3, 0.4) is 0 Å². The summed E-state index contributed by atoms with van der Waals surface area (Å²) in [4.78, 5) is 6.48. The van der Waals surface area contributed by atoms with E-state index < -0.39 is 0 Å². The second-order valence-corrected chi connectivity index (χ2v) is 5.35. The van der Waals surface area contributed by atoms with Gasteiger partial charge in [0, 0.05) is 12.1 Å². The molecule has 0 unspecified atom stereocenters. The van der Waals surface area contributed by atoms with Crippen LogP contribution in [0.25, 0.3) is 0 Å². The molecule has 3 heteroatoms. The molecule has 1 aromatic heterocycles. The fraction of sp³-hybridized carbons (Fsp3) is 0.353. The van der Waals surface area contributed by atoms with E-state index in [9.17, 15) is 0 Å². The highest BCUT2D eigenvalue weighted by Gasteiger charge is 2.33. The zero-order valence-corrected chi connectivity index (χ0v) is 11.8. The van der Waals surface area contributed by atoms with E-state index in [4.69, 9.17) is 4.74 Å². The van der Waals surface area contributed by atoms with Gasteiger partial charge in [0.15, 0.2) is 0 Å². The second-order valence-electron chi connectivity index (χ2n) is 5.35. The summed E-state index contributed by atoms with van der Waals surface area (Å²) in [6.45, 7) is 1.84. The molecule has 1 aliphatic heterocycles. The number of ether oxygens (including phenoxy) is 1. The highest BCUT2D eigenvalue weighted by molar-refractivity contribution is 5.23. The van der Waals surface area contributed by atoms with Crippen LogP contribution in [0.15, 0.2) is 54.9 Å². The van der Waals surface area contributed by atoms with E-state index in [1.165, 1.54) is 12.0 Å². The number of benzene rings is 1. The molecule has 1 saturated heterocycles. The Morgan fingerprint density at radius 1 is 1.20 bits per heavy atom. The normalized spacial score (nSPS) is 22.9. The Bertz CT molecular complexity index is 529. The van der Waals surface area contributed by atoms with Crippen LogP contribution in [0.5, 0.6) is 5.75 Å². The van der Waals surface area contributed by atoms with Crippen molar-refractivity contribution in [1.82, 2.24) is 9.88 Å². The molecule has 20 heavy (non-hydrogen) atoms. The molecule has 104 valence electrons. The van der Waals surface area contributed by atoms with E-state index in [1.807, 2.05) is 12.1 Å². The number of hydrogen-bond acceptors (Lipinski definition) is 3. The molecule has 1 aliphatic rings. The van der Waals surface area contributed by atoms with Crippen molar-refractivity contribution in [3.8, 4) is 5.75 Å². The van der Waals surface area contributed by atoms with Gasteiger partial charge in [0.1, 0.15) is 12.4 Å². The van der Waals surface area contributed by atoms with Gasteiger partial charge in [0.25, 0.3) is 0 Å². The third-order valence-corrected chi connectivity index (χ3v) is 4.11. The summed E-state index contributed by atoms with van der Waals surface area (Å²) in [7, 11) is 2.18. The summed E-state index contributed by atoms with van der Waals surface area (Å²) < 4.78 is 5.91. The van der Waals surface area contributed by atoms with E-state index in [0.29, 0.717) is 18.6 Å². The van der Waals surface area contributed by atoms with E-state index in [-0.39, 0.29) is 0 Å². The van der Waals surface area contributed by atoms with Gasteiger partial charge >= 0.3 is 0 Å². The van der Waals surface area contributed by atoms with Crippen LogP contribution in [-0.2, 0) is 0 Å². The van der Waals surface area contributed by atoms with Crippen molar-refractivity contribution in [3.63, 3.8) is 0 Å². The summed E-state index contributed by atoms with van der Waals surface area (Å²) in [5.41, 5.74) is 1.41. The molecule has 2 aromatic rings. The molecular weight excluding hydrogens is 248 g/mol. The Morgan fingerprint density at radius 2 is 2.05 bits per heavy atom. The van der Waals surface area contributed by atoms with Crippen molar-refractivity contribution >= 4 is 0 Å². The molecule has 0 amide bonds. The maximum atomic E-state index is 5.91. The molecule has 3 rings (SSSR count). The lowest BCUT2D eigenvalue weighted by Gasteiger charge is -2.25. The molecule has 1 aromatic carbocycles. The molecule has 0 spiro atoms. The number of hydrogen-bond donors (Lipinski definition) is 0. The Balaban J connectivity index is 1.70. The van der Waals surface area contributed by atoms with Crippen molar-refractivity contribution in [2.75, 3.05) is 20.2 Å². The number of likely N-dealkylation sites (N-methyl/N-ethyl adjacent to an activating group) is 1. The third kappa shape index (κ3) is 2.83. The molecule has 0 saturated carbocycles. The van der Waals surface area contributed by atoms with E-state index in [0.717, 1.165) is 12.3 Å². The van der Waals surface area contributed by atoms with Crippen molar-refractivity contribution in [2.45, 2.75) is 18.4 Å². The first kappa shape index (κ1) is 13.1. The fourth-order valence-corrected chi connectivity index (χ4v) is 2.95. The first-order valence-electron chi connectivity index (χ1n) is 7.12. The average Bonchev–Trinajstić information content (AvgIpc) is 2.88. The molecule has 2 atom stereocenters. The van der Waals surface area contributed by atoms with Gasteiger partial charge in [-0.2, -0.15) is 0 Å². The number of likely N-dealkylation sites (tertiary alicyclic amines) is 1. The highest BCUT2D eigenvalue weighted by Crippen LogP contribution is 2.32. The minimum absolute atomic E-state index is 0.428. The van der Waals surface area contributed by atoms with E-state index >= 15 is 0 Å². The lowest BCUT2D eigenvalue weighted by Crippen LogP contribution is -2.34. The number of rotatable bonds is 4. The van der Waals surface area contributed by atoms with Crippen LogP contribution in [0.2, 0.25) is 0 Å². The van der Waals surface area contributed by atoms with Crippen molar-refractivity contribution < 1.29 is 4.74 Å². The Hall–Kier alpha value is -1.87. The van der Waals surface area contributed by atoms with Crippen LogP contribution < -0.4 is 4.74 Å². The zero-order chi connectivity index (χ0) is 13.8. The van der Waals surface area contributed by atoms with Crippen LogP contribution in [0.1, 0.15) is 17.9 Å². The largest absolute Gasteiger partial charge is 0.490 e. The lowest BCUT2D eigenvalue weighted by molar-refractivity contribution is 0.188. The number of aromatic nitrogens is 1. The topological polar surface area (TPSA) is 25.4 Å². The molecule has 0 bridgehead atoms. The Kier molecular flexibility index (Phi) is 3.97. The monoisotopic (exact) mass is 268 g/mol. The van der Waals surface area contributed by atoms with Gasteiger partial charge in [-0.1, -0.05) is 30.3 Å². The maximum Gasteiger partial charge on any atom is 0.137 e. The summed E-state index contributed by atoms with van der Waals surface area (Å²) in [6.07, 6.45) is 4.73. The van der Waals surface area contributed by atoms with Gasteiger partial charge in [-0.3, -0.25) is 9.88 Å². The predicted octanol–water partition coefficient (Wildman–Crippen LogP) is 2.95. The molecule has 0 aliphatic carbocycles. The van der Waals surface area contributed by atoms with Gasteiger partial charge in [-0.15, -0.1) is 0 Å². The van der Waals surface area contributed by atoms with Crippen molar-refractivity contribution in [2.24, 2.45) is 0 Å². The van der Waals surface area contributed by atoms with Gasteiger partial charge in [-0.25, -0.2) is 0 Å². The predicted molar refractivity (Wildman–Crippen MR) is 80.0 cm³/mol. The van der Waals surface area contributed by atoms with Gasteiger partial charge in [0.2, 0.25) is 0 Å². The number of nitrogens with zero attached hydrogens (tertiary/aromatic N) is 2. The average molecular weight is 268 g/mol. The van der Waals surface area contributed by atoms with Gasteiger partial charge in [0.05, 0.1) is 12.2 Å². The minimum Gasteiger partial charge on any atom is -0.490 e. The summed E-state index contributed by atoms with van der Waals surface area (Å²) in [5, 5.41) is 0. The molecule has 3 nitrogen and oxygen atoms in total. The van der Waals surface area contributed by atoms with Gasteiger partial charge in [-0.05, 0) is 37.7 Å². The molecule has 0 radical (unpaired) electrons. The maximum absolute atomic E-state index is 5.91. The number of pyridine rings is 1. The van der Waals surface area contributed by atoms with Crippen LogP contribution in [0.4, 0.5) is 0 Å². The highest BCUT2D eigenvalue weighted by atomic mass is 16.5. The first-order chi connectivity index (χ1) is 9.84. The summed E-state index contributed by atoms with van der Waals surface area (Å²) in [6, 6.07) is 15.0. The quantitative estimate of drug-likeness (QED) is 0.852. The van der Waals surface area contributed by atoms with Crippen molar-refractivity contribution in [1.29, 1.82) is 0 Å². The standard InChI is InChI=1S/C17H20N2O/c1-19-11-9-16(14-6-3-2-4-7-14)17(19)13-20-15-8-5-10-18-12-15/h2-8,10,12,16-17H,9,11,13H2,1H3/t16-,17-/m0/s1. The molecule has 0 N–H and O–H groups in total. The lowest BCUT2D eigenvalue weighted by atomic mass is 9.92.